The molecule has 0 saturated carbocycles. The summed E-state index contributed by atoms with van der Waals surface area (Å²) in [6.07, 6.45) is 0.523. The van der Waals surface area contributed by atoms with Gasteiger partial charge in [-0.3, -0.25) is 14.4 Å². The molecule has 1 fully saturated rings. The number of fused-ring (bicyclic) bond motifs is 1. The van der Waals surface area contributed by atoms with E-state index in [9.17, 15) is 14.4 Å². The quantitative estimate of drug-likeness (QED) is 0.305. The molecule has 2 N–H and O–H groups in total. The van der Waals surface area contributed by atoms with Crippen molar-refractivity contribution in [3.05, 3.63) is 65.4 Å². The van der Waals surface area contributed by atoms with Crippen LogP contribution < -0.4 is 10.5 Å². The van der Waals surface area contributed by atoms with E-state index in [0.717, 1.165) is 22.6 Å². The average molecular weight is 480 g/mol. The van der Waals surface area contributed by atoms with Crippen molar-refractivity contribution in [2.75, 3.05) is 31.2 Å². The molecule has 0 aliphatic carbocycles. The normalized spacial score (nSPS) is 14.3. The summed E-state index contributed by atoms with van der Waals surface area (Å²) in [5, 5.41) is 0.518. The number of ether oxygens (including phenoxy) is 1. The van der Waals surface area contributed by atoms with Crippen molar-refractivity contribution < 1.29 is 19.1 Å². The largest absolute Gasteiger partial charge is 0.483 e. The Labute approximate surface area is 201 Å². The van der Waals surface area contributed by atoms with E-state index in [1.165, 1.54) is 0 Å². The number of carbonyl (C=O) groups excluding carboxylic acids is 3. The van der Waals surface area contributed by atoms with Gasteiger partial charge in [0.15, 0.2) is 6.61 Å². The number of aromatic nitrogens is 1. The predicted octanol–water partition coefficient (Wildman–Crippen LogP) is 2.84. The third-order valence-electron chi connectivity index (χ3n) is 6.13. The van der Waals surface area contributed by atoms with E-state index in [2.05, 4.69) is 5.87 Å². The third kappa shape index (κ3) is 4.77. The lowest BCUT2D eigenvalue weighted by atomic mass is 10.0. The molecule has 0 bridgehead atoms. The van der Waals surface area contributed by atoms with Gasteiger partial charge in [-0.05, 0) is 24.1 Å². The van der Waals surface area contributed by atoms with Crippen molar-refractivity contribution in [1.82, 2.24) is 9.47 Å². The van der Waals surface area contributed by atoms with Gasteiger partial charge in [0.25, 0.3) is 17.6 Å². The molecule has 2 heterocycles. The minimum atomic E-state index is -1.02. The number of rotatable bonds is 8. The van der Waals surface area contributed by atoms with Gasteiger partial charge in [-0.15, -0.1) is 0 Å². The van der Waals surface area contributed by atoms with Crippen LogP contribution in [0.2, 0.25) is 0 Å². The second kappa shape index (κ2) is 10.3. The van der Waals surface area contributed by atoms with Gasteiger partial charge in [-0.25, -0.2) is 0 Å². The van der Waals surface area contributed by atoms with E-state index in [1.54, 1.807) is 11.0 Å². The number of Topliss-reactive ketones (excluding diaryl/α,β-unsaturated/α-hetero) is 1. The number of nitrogens with zero attached hydrogens (tertiary/aromatic N) is 2. The molecule has 1 aliphatic rings. The Morgan fingerprint density at radius 2 is 1.76 bits per heavy atom. The van der Waals surface area contributed by atoms with E-state index < -0.39 is 11.7 Å². The van der Waals surface area contributed by atoms with Crippen LogP contribution >= 0.6 is 10.5 Å². The lowest BCUT2D eigenvalue weighted by Crippen LogP contribution is -2.41. The summed E-state index contributed by atoms with van der Waals surface area (Å²) in [4.78, 5) is 39.4. The van der Waals surface area contributed by atoms with Crippen LogP contribution in [0.15, 0.2) is 48.5 Å². The molecule has 2 amide bonds. The van der Waals surface area contributed by atoms with Crippen LogP contribution in [-0.4, -0.2) is 64.1 Å². The first-order valence-electron chi connectivity index (χ1n) is 11.3. The van der Waals surface area contributed by atoms with E-state index in [4.69, 9.17) is 10.5 Å². The van der Waals surface area contributed by atoms with Crippen molar-refractivity contribution in [2.45, 2.75) is 19.9 Å². The van der Waals surface area contributed by atoms with Crippen LogP contribution in [0.25, 0.3) is 10.9 Å². The van der Waals surface area contributed by atoms with Crippen LogP contribution in [0, 0.1) is 0 Å². The molecule has 1 saturated heterocycles. The third-order valence-corrected chi connectivity index (χ3v) is 7.65. The van der Waals surface area contributed by atoms with Gasteiger partial charge in [-0.1, -0.05) is 49.2 Å². The fourth-order valence-electron chi connectivity index (χ4n) is 4.40. The molecular weight excluding hydrogens is 450 g/mol. The first kappa shape index (κ1) is 23.8. The summed E-state index contributed by atoms with van der Waals surface area (Å²) in [5.74, 6) is 4.42. The van der Waals surface area contributed by atoms with Gasteiger partial charge in [0, 0.05) is 36.8 Å². The molecule has 8 heteroatoms. The summed E-state index contributed by atoms with van der Waals surface area (Å²) in [7, 11) is 0.114. The minimum absolute atomic E-state index is 0.101. The van der Waals surface area contributed by atoms with E-state index in [1.807, 2.05) is 54.0 Å². The topological polar surface area (TPSA) is 94.6 Å². The number of hydrogen-bond donors (Lipinski definition) is 1. The van der Waals surface area contributed by atoms with Gasteiger partial charge in [0.2, 0.25) is 0 Å². The minimum Gasteiger partial charge on any atom is -0.483 e. The van der Waals surface area contributed by atoms with E-state index in [-0.39, 0.29) is 28.6 Å². The molecule has 1 aromatic heterocycles. The zero-order valence-electron chi connectivity index (χ0n) is 19.3. The fraction of sp³-hybridized carbons (Fsp3) is 0.308. The molecule has 0 atom stereocenters. The number of carbonyl (C=O) groups is 3. The van der Waals surface area contributed by atoms with Crippen LogP contribution in [-0.2, 0) is 22.6 Å². The SMILES string of the molecule is C=S1CCN(C(=O)COc2cccc3c2c(C(=O)C(N)=O)c(CC)n3Cc2ccccc2)CC1. The van der Waals surface area contributed by atoms with Crippen LogP contribution in [0.5, 0.6) is 5.75 Å². The van der Waals surface area contributed by atoms with Crippen LogP contribution in [0.4, 0.5) is 0 Å². The maximum Gasteiger partial charge on any atom is 0.289 e. The fourth-order valence-corrected chi connectivity index (χ4v) is 5.56. The highest BCUT2D eigenvalue weighted by molar-refractivity contribution is 8.14. The summed E-state index contributed by atoms with van der Waals surface area (Å²) in [6.45, 7) is 3.68. The van der Waals surface area contributed by atoms with Gasteiger partial charge in [0.1, 0.15) is 5.75 Å². The van der Waals surface area contributed by atoms with Gasteiger partial charge in [-0.2, -0.15) is 10.5 Å². The van der Waals surface area contributed by atoms with Crippen LogP contribution in [0.1, 0.15) is 28.5 Å². The number of primary amides is 1. The average Bonchev–Trinajstić information content (AvgIpc) is 3.16. The smallest absolute Gasteiger partial charge is 0.289 e. The summed E-state index contributed by atoms with van der Waals surface area (Å²) >= 11 is 0. The first-order valence-corrected chi connectivity index (χ1v) is 13.0. The zero-order valence-corrected chi connectivity index (χ0v) is 20.1. The Morgan fingerprint density at radius 3 is 2.41 bits per heavy atom. The highest BCUT2D eigenvalue weighted by atomic mass is 32.2. The number of nitrogens with two attached hydrogens (primary N) is 1. The molecule has 0 spiro atoms. The molecule has 7 nitrogen and oxygen atoms in total. The summed E-state index contributed by atoms with van der Waals surface area (Å²) in [6, 6.07) is 15.3. The highest BCUT2D eigenvalue weighted by Gasteiger charge is 2.28. The molecule has 1 aliphatic heterocycles. The number of hydrogen-bond acceptors (Lipinski definition) is 4. The number of amides is 2. The molecule has 0 unspecified atom stereocenters. The monoisotopic (exact) mass is 479 g/mol. The molecule has 34 heavy (non-hydrogen) atoms. The Morgan fingerprint density at radius 1 is 1.06 bits per heavy atom. The lowest BCUT2D eigenvalue weighted by molar-refractivity contribution is -0.133. The Balaban J connectivity index is 1.74. The summed E-state index contributed by atoms with van der Waals surface area (Å²) < 4.78 is 8.00. The molecule has 3 aromatic rings. The molecule has 2 aromatic carbocycles. The van der Waals surface area contributed by atoms with Crippen molar-refractivity contribution in [2.24, 2.45) is 5.73 Å². The van der Waals surface area contributed by atoms with Crippen molar-refractivity contribution in [1.29, 1.82) is 0 Å². The van der Waals surface area contributed by atoms with E-state index in [0.29, 0.717) is 42.9 Å². The zero-order chi connectivity index (χ0) is 24.2. The number of benzene rings is 2. The van der Waals surface area contributed by atoms with Gasteiger partial charge >= 0.3 is 0 Å². The highest BCUT2D eigenvalue weighted by Crippen LogP contribution is 2.35. The van der Waals surface area contributed by atoms with Crippen LogP contribution in [0.3, 0.4) is 0 Å². The predicted molar refractivity (Wildman–Crippen MR) is 137 cm³/mol. The second-order valence-electron chi connectivity index (χ2n) is 8.28. The Bertz CT molecular complexity index is 1260. The molecule has 4 rings (SSSR count). The Kier molecular flexibility index (Phi) is 7.17. The van der Waals surface area contributed by atoms with Gasteiger partial charge in [0.05, 0.1) is 16.5 Å². The second-order valence-corrected chi connectivity index (χ2v) is 10.3. The van der Waals surface area contributed by atoms with Crippen molar-refractivity contribution in [3.63, 3.8) is 0 Å². The lowest BCUT2D eigenvalue weighted by Gasteiger charge is -2.28. The number of ketones is 1. The molecular formula is C26H29N3O4S. The molecule has 0 radical (unpaired) electrons. The standard InChI is InChI=1S/C26H29N3O4S/c1-3-19-24(25(31)26(27)32)23-20(29(19)16-18-8-5-4-6-9-18)10-7-11-21(23)33-17-22(30)28-12-14-34(2)15-13-28/h4-11H,2-3,12-17H2,1H3,(H2,27,32). The summed E-state index contributed by atoms with van der Waals surface area (Å²) in [5.41, 5.74) is 8.20. The molecule has 178 valence electrons. The van der Waals surface area contributed by atoms with E-state index >= 15 is 0 Å². The van der Waals surface area contributed by atoms with Crippen molar-refractivity contribution in [3.8, 4) is 5.75 Å². The van der Waals surface area contributed by atoms with Gasteiger partial charge < -0.3 is 19.9 Å². The first-order chi connectivity index (χ1) is 16.4. The maximum atomic E-state index is 12.9. The maximum absolute atomic E-state index is 12.9. The van der Waals surface area contributed by atoms with Crippen molar-refractivity contribution >= 4 is 44.9 Å². The Hall–Kier alpha value is -3.39.